The summed E-state index contributed by atoms with van der Waals surface area (Å²) in [7, 11) is 0. The highest BCUT2D eigenvalue weighted by molar-refractivity contribution is 5.92. The molecule has 126 valence electrons. The van der Waals surface area contributed by atoms with Crippen molar-refractivity contribution in [1.82, 2.24) is 20.0 Å². The lowest BCUT2D eigenvalue weighted by atomic mass is 9.76. The first-order valence-electron chi connectivity index (χ1n) is 8.30. The average molecular weight is 320 g/mol. The van der Waals surface area contributed by atoms with Gasteiger partial charge in [0.05, 0.1) is 0 Å². The molecule has 1 aromatic heterocycles. The van der Waals surface area contributed by atoms with Crippen molar-refractivity contribution in [3.8, 4) is 0 Å². The Balaban J connectivity index is 1.64. The van der Waals surface area contributed by atoms with E-state index in [1.807, 2.05) is 4.90 Å². The molecule has 2 aliphatic rings. The topological polar surface area (TPSA) is 89.5 Å². The fourth-order valence-electron chi connectivity index (χ4n) is 4.00. The van der Waals surface area contributed by atoms with E-state index >= 15 is 0 Å². The van der Waals surface area contributed by atoms with Gasteiger partial charge in [0.1, 0.15) is 11.7 Å². The third-order valence-electron chi connectivity index (χ3n) is 5.24. The number of hydrogen-bond acceptors (Lipinski definition) is 4. The Morgan fingerprint density at radius 2 is 2.17 bits per heavy atom. The van der Waals surface area contributed by atoms with Crippen molar-refractivity contribution in [2.75, 3.05) is 26.2 Å². The molecule has 0 unspecified atom stereocenters. The molecule has 0 aliphatic carbocycles. The second-order valence-corrected chi connectivity index (χ2v) is 6.79. The third-order valence-corrected chi connectivity index (χ3v) is 5.24. The summed E-state index contributed by atoms with van der Waals surface area (Å²) in [6.07, 6.45) is 4.99. The Morgan fingerprint density at radius 1 is 1.43 bits per heavy atom. The van der Waals surface area contributed by atoms with E-state index in [4.69, 9.17) is 0 Å². The predicted molar refractivity (Wildman–Crippen MR) is 84.1 cm³/mol. The van der Waals surface area contributed by atoms with Crippen molar-refractivity contribution in [2.45, 2.75) is 38.6 Å². The molecule has 1 amide bonds. The second kappa shape index (κ2) is 6.31. The summed E-state index contributed by atoms with van der Waals surface area (Å²) in [4.78, 5) is 27.8. The zero-order valence-electron chi connectivity index (χ0n) is 13.5. The largest absolute Gasteiger partial charge is 0.480 e. The summed E-state index contributed by atoms with van der Waals surface area (Å²) in [6, 6.07) is 1.32. The number of nitrogens with one attached hydrogen (secondary N) is 1. The fraction of sp³-hybridized carbons (Fsp3) is 0.688. The number of H-pyrrole nitrogens is 1. The van der Waals surface area contributed by atoms with Crippen LogP contribution in [-0.4, -0.2) is 69.2 Å². The number of nitrogens with zero attached hydrogens (tertiary/aromatic N) is 3. The van der Waals surface area contributed by atoms with Crippen LogP contribution < -0.4 is 0 Å². The number of rotatable bonds is 4. The van der Waals surface area contributed by atoms with Crippen LogP contribution in [-0.2, 0) is 4.79 Å². The molecule has 0 saturated carbocycles. The van der Waals surface area contributed by atoms with Gasteiger partial charge in [-0.2, -0.15) is 5.10 Å². The summed E-state index contributed by atoms with van der Waals surface area (Å²) < 4.78 is 0. The molecule has 0 radical (unpaired) electrons. The van der Waals surface area contributed by atoms with Gasteiger partial charge >= 0.3 is 5.97 Å². The lowest BCUT2D eigenvalue weighted by Gasteiger charge is -2.39. The Labute approximate surface area is 135 Å². The number of aromatic nitrogens is 2. The number of aromatic amines is 1. The van der Waals surface area contributed by atoms with Gasteiger partial charge in [0, 0.05) is 25.8 Å². The van der Waals surface area contributed by atoms with Gasteiger partial charge in [0.25, 0.3) is 5.91 Å². The quantitative estimate of drug-likeness (QED) is 0.870. The number of carboxylic acids is 1. The predicted octanol–water partition coefficient (Wildman–Crippen LogP) is 1.20. The normalized spacial score (nSPS) is 24.2. The molecule has 1 spiro atoms. The molecule has 7 heteroatoms. The number of piperidine rings is 1. The molecule has 23 heavy (non-hydrogen) atoms. The van der Waals surface area contributed by atoms with Crippen LogP contribution in [0.5, 0.6) is 0 Å². The number of hydrogen-bond donors (Lipinski definition) is 2. The molecule has 3 heterocycles. The fourth-order valence-corrected chi connectivity index (χ4v) is 4.00. The van der Waals surface area contributed by atoms with Crippen LogP contribution in [0.15, 0.2) is 12.3 Å². The van der Waals surface area contributed by atoms with E-state index in [-0.39, 0.29) is 17.4 Å². The lowest BCUT2D eigenvalue weighted by molar-refractivity contribution is -0.142. The van der Waals surface area contributed by atoms with Crippen molar-refractivity contribution in [1.29, 1.82) is 0 Å². The SMILES string of the molecule is CCCN1CC2(CCN(C(=O)c3ccn[nH]3)CC2)C[C@@H]1C(=O)O. The first-order chi connectivity index (χ1) is 11.0. The maximum atomic E-state index is 12.4. The Hall–Kier alpha value is -1.89. The number of carboxylic acid groups (broad SMARTS) is 1. The molecule has 7 nitrogen and oxygen atoms in total. The van der Waals surface area contributed by atoms with Crippen LogP contribution in [0.25, 0.3) is 0 Å². The molecule has 1 aromatic rings. The highest BCUT2D eigenvalue weighted by Gasteiger charge is 2.48. The van der Waals surface area contributed by atoms with Gasteiger partial charge in [-0.05, 0) is 43.7 Å². The number of carbonyl (C=O) groups excluding carboxylic acids is 1. The maximum Gasteiger partial charge on any atom is 0.320 e. The minimum atomic E-state index is -0.716. The van der Waals surface area contributed by atoms with Gasteiger partial charge in [0.15, 0.2) is 0 Å². The van der Waals surface area contributed by atoms with E-state index < -0.39 is 5.97 Å². The molecule has 2 aliphatic heterocycles. The van der Waals surface area contributed by atoms with E-state index in [1.165, 1.54) is 0 Å². The second-order valence-electron chi connectivity index (χ2n) is 6.79. The van der Waals surface area contributed by atoms with Crippen molar-refractivity contribution in [2.24, 2.45) is 5.41 Å². The molecule has 3 rings (SSSR count). The van der Waals surface area contributed by atoms with E-state index in [2.05, 4.69) is 22.0 Å². The zero-order chi connectivity index (χ0) is 16.4. The summed E-state index contributed by atoms with van der Waals surface area (Å²) in [5, 5.41) is 16.0. The van der Waals surface area contributed by atoms with Gasteiger partial charge in [-0.25, -0.2) is 0 Å². The highest BCUT2D eigenvalue weighted by atomic mass is 16.4. The molecular formula is C16H24N4O3. The maximum absolute atomic E-state index is 12.4. The Bertz CT molecular complexity index is 564. The van der Waals surface area contributed by atoms with Gasteiger partial charge in [-0.3, -0.25) is 19.6 Å². The summed E-state index contributed by atoms with van der Waals surface area (Å²) in [5.74, 6) is -0.734. The average Bonchev–Trinajstić information content (AvgIpc) is 3.17. The molecule has 2 fully saturated rings. The van der Waals surface area contributed by atoms with Crippen molar-refractivity contribution in [3.05, 3.63) is 18.0 Å². The summed E-state index contributed by atoms with van der Waals surface area (Å²) in [6.45, 7) is 5.11. The molecule has 0 aromatic carbocycles. The summed E-state index contributed by atoms with van der Waals surface area (Å²) in [5.41, 5.74) is 0.562. The Kier molecular flexibility index (Phi) is 4.39. The van der Waals surface area contributed by atoms with E-state index in [0.29, 0.717) is 25.2 Å². The number of amides is 1. The van der Waals surface area contributed by atoms with E-state index in [0.717, 1.165) is 32.4 Å². The van der Waals surface area contributed by atoms with Gasteiger partial charge in [0.2, 0.25) is 0 Å². The molecular weight excluding hydrogens is 296 g/mol. The number of carbonyl (C=O) groups is 2. The first-order valence-corrected chi connectivity index (χ1v) is 8.30. The van der Waals surface area contributed by atoms with Crippen LogP contribution in [0, 0.1) is 5.41 Å². The summed E-state index contributed by atoms with van der Waals surface area (Å²) >= 11 is 0. The first kappa shape index (κ1) is 16.0. The minimum absolute atomic E-state index is 0.0180. The Morgan fingerprint density at radius 3 is 2.74 bits per heavy atom. The van der Waals surface area contributed by atoms with Crippen molar-refractivity contribution < 1.29 is 14.7 Å². The van der Waals surface area contributed by atoms with E-state index in [9.17, 15) is 14.7 Å². The zero-order valence-corrected chi connectivity index (χ0v) is 13.5. The molecule has 2 saturated heterocycles. The molecule has 1 atom stereocenters. The standard InChI is InChI=1S/C16H24N4O3/c1-2-7-20-11-16(10-13(20)15(22)23)4-8-19(9-5-16)14(21)12-3-6-17-18-12/h3,6,13H,2,4-5,7-11H2,1H3,(H,17,18)(H,22,23)/t13-/m1/s1. The third kappa shape index (κ3) is 3.10. The number of aliphatic carboxylic acids is 1. The van der Waals surface area contributed by atoms with Gasteiger partial charge in [-0.1, -0.05) is 6.92 Å². The van der Waals surface area contributed by atoms with Crippen LogP contribution in [0.3, 0.4) is 0 Å². The van der Waals surface area contributed by atoms with E-state index in [1.54, 1.807) is 12.3 Å². The minimum Gasteiger partial charge on any atom is -0.480 e. The van der Waals surface area contributed by atoms with Gasteiger partial charge < -0.3 is 10.0 Å². The molecule has 2 N–H and O–H groups in total. The molecule has 0 bridgehead atoms. The lowest BCUT2D eigenvalue weighted by Crippen LogP contribution is -2.44. The smallest absolute Gasteiger partial charge is 0.320 e. The van der Waals surface area contributed by atoms with Crippen LogP contribution in [0.4, 0.5) is 0 Å². The monoisotopic (exact) mass is 320 g/mol. The highest BCUT2D eigenvalue weighted by Crippen LogP contribution is 2.43. The van der Waals surface area contributed by atoms with Crippen LogP contribution in [0.2, 0.25) is 0 Å². The van der Waals surface area contributed by atoms with Crippen LogP contribution >= 0.6 is 0 Å². The van der Waals surface area contributed by atoms with Gasteiger partial charge in [-0.15, -0.1) is 0 Å². The van der Waals surface area contributed by atoms with Crippen molar-refractivity contribution in [3.63, 3.8) is 0 Å². The van der Waals surface area contributed by atoms with Crippen molar-refractivity contribution >= 4 is 11.9 Å². The number of likely N-dealkylation sites (tertiary alicyclic amines) is 2. The van der Waals surface area contributed by atoms with Crippen LogP contribution in [0.1, 0.15) is 43.1 Å².